The number of aromatic nitrogens is 1. The topological polar surface area (TPSA) is 90.7 Å². The van der Waals surface area contributed by atoms with E-state index in [1.165, 1.54) is 0 Å². The zero-order chi connectivity index (χ0) is 15.4. The smallest absolute Gasteiger partial charge is 0.271 e. The van der Waals surface area contributed by atoms with Crippen molar-refractivity contribution in [1.29, 1.82) is 5.26 Å². The minimum absolute atomic E-state index is 0.0309. The average molecular weight is 282 g/mol. The van der Waals surface area contributed by atoms with Crippen molar-refractivity contribution in [3.8, 4) is 11.9 Å². The number of nitriles is 1. The van der Waals surface area contributed by atoms with E-state index in [0.29, 0.717) is 11.3 Å². The summed E-state index contributed by atoms with van der Waals surface area (Å²) < 4.78 is 1.10. The SMILES string of the molecule is CCn1c(O)c(N=Nc2ccccc2)c(C)c(C#N)c1=O. The van der Waals surface area contributed by atoms with E-state index in [1.54, 1.807) is 26.0 Å². The lowest BCUT2D eigenvalue weighted by atomic mass is 10.1. The molecule has 0 aliphatic carbocycles. The molecule has 0 fully saturated rings. The lowest BCUT2D eigenvalue weighted by Crippen LogP contribution is -2.23. The van der Waals surface area contributed by atoms with Gasteiger partial charge in [-0.1, -0.05) is 18.2 Å². The molecule has 1 N–H and O–H groups in total. The number of benzene rings is 1. The molecule has 0 unspecified atom stereocenters. The van der Waals surface area contributed by atoms with Crippen LogP contribution in [-0.4, -0.2) is 9.67 Å². The summed E-state index contributed by atoms with van der Waals surface area (Å²) in [5.74, 6) is -0.279. The summed E-state index contributed by atoms with van der Waals surface area (Å²) in [5, 5.41) is 27.3. The number of hydrogen-bond donors (Lipinski definition) is 1. The van der Waals surface area contributed by atoms with Gasteiger partial charge in [0.05, 0.1) is 5.69 Å². The van der Waals surface area contributed by atoms with Gasteiger partial charge in [0, 0.05) is 12.1 Å². The van der Waals surface area contributed by atoms with Gasteiger partial charge in [-0.25, -0.2) is 0 Å². The molecular weight excluding hydrogens is 268 g/mol. The van der Waals surface area contributed by atoms with Crippen LogP contribution < -0.4 is 5.56 Å². The average Bonchev–Trinajstić information content (AvgIpc) is 2.49. The number of aromatic hydroxyl groups is 1. The molecule has 0 saturated carbocycles. The lowest BCUT2D eigenvalue weighted by Gasteiger charge is -2.10. The maximum absolute atomic E-state index is 12.0. The van der Waals surface area contributed by atoms with E-state index in [-0.39, 0.29) is 23.7 Å². The molecule has 2 aromatic rings. The number of nitrogens with zero attached hydrogens (tertiary/aromatic N) is 4. The molecule has 0 amide bonds. The van der Waals surface area contributed by atoms with Crippen LogP contribution in [0.25, 0.3) is 0 Å². The van der Waals surface area contributed by atoms with E-state index < -0.39 is 5.56 Å². The van der Waals surface area contributed by atoms with Crippen molar-refractivity contribution in [2.45, 2.75) is 20.4 Å². The maximum atomic E-state index is 12.0. The zero-order valence-electron chi connectivity index (χ0n) is 11.7. The second kappa shape index (κ2) is 6.01. The highest BCUT2D eigenvalue weighted by atomic mass is 16.3. The Morgan fingerprint density at radius 2 is 1.95 bits per heavy atom. The maximum Gasteiger partial charge on any atom is 0.271 e. The van der Waals surface area contributed by atoms with Gasteiger partial charge in [0.25, 0.3) is 5.56 Å². The Labute approximate surface area is 121 Å². The Hall–Kier alpha value is -2.94. The summed E-state index contributed by atoms with van der Waals surface area (Å²) in [6.45, 7) is 3.52. The predicted octanol–water partition coefficient (Wildman–Crippen LogP) is 3.17. The zero-order valence-corrected chi connectivity index (χ0v) is 11.7. The van der Waals surface area contributed by atoms with E-state index in [1.807, 2.05) is 24.3 Å². The summed E-state index contributed by atoms with van der Waals surface area (Å²) in [4.78, 5) is 12.0. The normalized spacial score (nSPS) is 10.7. The molecule has 0 aliphatic heterocycles. The molecule has 1 aromatic carbocycles. The van der Waals surface area contributed by atoms with Crippen molar-refractivity contribution in [2.75, 3.05) is 0 Å². The Balaban J connectivity index is 2.62. The Morgan fingerprint density at radius 1 is 1.29 bits per heavy atom. The fourth-order valence-electron chi connectivity index (χ4n) is 1.95. The van der Waals surface area contributed by atoms with E-state index in [9.17, 15) is 9.90 Å². The molecule has 0 radical (unpaired) electrons. The van der Waals surface area contributed by atoms with Gasteiger partial charge in [-0.05, 0) is 26.0 Å². The van der Waals surface area contributed by atoms with E-state index >= 15 is 0 Å². The highest BCUT2D eigenvalue weighted by molar-refractivity contribution is 5.59. The van der Waals surface area contributed by atoms with Crippen LogP contribution >= 0.6 is 0 Å². The first-order valence-electron chi connectivity index (χ1n) is 6.43. The molecule has 0 bridgehead atoms. The van der Waals surface area contributed by atoms with Crippen molar-refractivity contribution in [2.24, 2.45) is 10.2 Å². The predicted molar refractivity (Wildman–Crippen MR) is 78.1 cm³/mol. The standard InChI is InChI=1S/C15H14N4O2/c1-3-19-14(20)12(9-16)10(2)13(15(19)21)18-17-11-7-5-4-6-8-11/h4-8,21H,3H2,1-2H3. The second-order valence-electron chi connectivity index (χ2n) is 4.37. The van der Waals surface area contributed by atoms with Gasteiger partial charge in [0.15, 0.2) is 5.69 Å². The molecule has 6 nitrogen and oxygen atoms in total. The van der Waals surface area contributed by atoms with Crippen LogP contribution in [0.1, 0.15) is 18.1 Å². The highest BCUT2D eigenvalue weighted by Gasteiger charge is 2.18. The Morgan fingerprint density at radius 3 is 2.52 bits per heavy atom. The number of hydrogen-bond acceptors (Lipinski definition) is 5. The fraction of sp³-hybridized carbons (Fsp3) is 0.200. The molecule has 106 valence electrons. The van der Waals surface area contributed by atoms with Gasteiger partial charge < -0.3 is 5.11 Å². The van der Waals surface area contributed by atoms with Crippen LogP contribution in [-0.2, 0) is 6.54 Å². The van der Waals surface area contributed by atoms with E-state index in [0.717, 1.165) is 4.57 Å². The molecule has 0 saturated heterocycles. The van der Waals surface area contributed by atoms with Crippen LogP contribution in [0.5, 0.6) is 5.88 Å². The third-order valence-corrected chi connectivity index (χ3v) is 3.11. The summed E-state index contributed by atoms with van der Waals surface area (Å²) in [6, 6.07) is 10.9. The first-order valence-corrected chi connectivity index (χ1v) is 6.43. The molecular formula is C15H14N4O2. The molecule has 2 rings (SSSR count). The number of azo groups is 1. The van der Waals surface area contributed by atoms with Gasteiger partial charge in [-0.15, -0.1) is 5.11 Å². The molecule has 0 atom stereocenters. The summed E-state index contributed by atoms with van der Waals surface area (Å²) in [5.41, 5.74) is 0.524. The molecule has 6 heteroatoms. The quantitative estimate of drug-likeness (QED) is 0.876. The molecule has 0 spiro atoms. The first kappa shape index (κ1) is 14.5. The lowest BCUT2D eigenvalue weighted by molar-refractivity contribution is 0.412. The van der Waals surface area contributed by atoms with E-state index in [4.69, 9.17) is 5.26 Å². The van der Waals surface area contributed by atoms with Gasteiger partial charge in [-0.3, -0.25) is 9.36 Å². The van der Waals surface area contributed by atoms with Crippen LogP contribution in [0.4, 0.5) is 11.4 Å². The molecule has 1 aromatic heterocycles. The molecule has 0 aliphatic rings. The van der Waals surface area contributed by atoms with Crippen LogP contribution in [0.2, 0.25) is 0 Å². The van der Waals surface area contributed by atoms with Crippen molar-refractivity contribution in [3.63, 3.8) is 0 Å². The highest BCUT2D eigenvalue weighted by Crippen LogP contribution is 2.31. The van der Waals surface area contributed by atoms with Gasteiger partial charge >= 0.3 is 0 Å². The van der Waals surface area contributed by atoms with Crippen LogP contribution in [0, 0.1) is 18.3 Å². The molecule has 1 heterocycles. The largest absolute Gasteiger partial charge is 0.493 e. The Kier molecular flexibility index (Phi) is 4.14. The minimum Gasteiger partial charge on any atom is -0.493 e. The van der Waals surface area contributed by atoms with Crippen molar-refractivity contribution in [1.82, 2.24) is 4.57 Å². The summed E-state index contributed by atoms with van der Waals surface area (Å²) in [7, 11) is 0. The monoisotopic (exact) mass is 282 g/mol. The summed E-state index contributed by atoms with van der Waals surface area (Å²) in [6.07, 6.45) is 0. The third kappa shape index (κ3) is 2.67. The van der Waals surface area contributed by atoms with Gasteiger partial charge in [0.1, 0.15) is 11.6 Å². The fourth-order valence-corrected chi connectivity index (χ4v) is 1.95. The van der Waals surface area contributed by atoms with Crippen LogP contribution in [0.3, 0.4) is 0 Å². The van der Waals surface area contributed by atoms with Crippen molar-refractivity contribution < 1.29 is 5.11 Å². The summed E-state index contributed by atoms with van der Waals surface area (Å²) >= 11 is 0. The van der Waals surface area contributed by atoms with Crippen molar-refractivity contribution in [3.05, 3.63) is 51.8 Å². The molecule has 21 heavy (non-hydrogen) atoms. The van der Waals surface area contributed by atoms with Gasteiger partial charge in [0.2, 0.25) is 5.88 Å². The van der Waals surface area contributed by atoms with Crippen molar-refractivity contribution >= 4 is 11.4 Å². The van der Waals surface area contributed by atoms with Gasteiger partial charge in [-0.2, -0.15) is 10.4 Å². The Bertz CT molecular complexity index is 786. The third-order valence-electron chi connectivity index (χ3n) is 3.11. The first-order chi connectivity index (χ1) is 10.1. The number of rotatable bonds is 3. The van der Waals surface area contributed by atoms with Crippen LogP contribution in [0.15, 0.2) is 45.4 Å². The second-order valence-corrected chi connectivity index (χ2v) is 4.37. The van der Waals surface area contributed by atoms with E-state index in [2.05, 4.69) is 10.2 Å². The minimum atomic E-state index is -0.520. The number of pyridine rings is 1.